The van der Waals surface area contributed by atoms with Crippen molar-refractivity contribution in [3.63, 3.8) is 0 Å². The molecule has 0 amide bonds. The van der Waals surface area contributed by atoms with Gasteiger partial charge in [0.15, 0.2) is 0 Å². The van der Waals surface area contributed by atoms with E-state index in [0.717, 1.165) is 44.6 Å². The number of aliphatic hydroxyl groups is 4. The van der Waals surface area contributed by atoms with Crippen molar-refractivity contribution in [2.24, 2.45) is 0 Å². The summed E-state index contributed by atoms with van der Waals surface area (Å²) in [6.07, 6.45) is 5.15. The minimum atomic E-state index is -1.20. The number of hydrogen-bond donors (Lipinski definition) is 5. The minimum absolute atomic E-state index is 0.399. The summed E-state index contributed by atoms with van der Waals surface area (Å²) in [7, 11) is 0. The van der Waals surface area contributed by atoms with Crippen LogP contribution in [0.3, 0.4) is 0 Å². The third-order valence-electron chi connectivity index (χ3n) is 4.31. The summed E-state index contributed by atoms with van der Waals surface area (Å²) in [4.78, 5) is 10.3. The second kappa shape index (κ2) is 10.00. The summed E-state index contributed by atoms with van der Waals surface area (Å²) in [5.74, 6) is -0.933. The van der Waals surface area contributed by atoms with Gasteiger partial charge < -0.3 is 30.3 Å². The van der Waals surface area contributed by atoms with Gasteiger partial charge in [-0.3, -0.25) is 0 Å². The molecule has 7 heteroatoms. The SMILES string of the molecule is O=C(O)C=CCCCCCCCC1(CO)O[C@H](CO)[C@@H](O)[C@@H]1O. The Hall–Kier alpha value is -0.990. The maximum absolute atomic E-state index is 10.3. The summed E-state index contributed by atoms with van der Waals surface area (Å²) in [6.45, 7) is -0.800. The molecule has 1 rings (SSSR count). The zero-order chi connectivity index (χ0) is 17.3. The maximum atomic E-state index is 10.3. The molecule has 0 aliphatic carbocycles. The molecule has 0 aromatic heterocycles. The highest BCUT2D eigenvalue weighted by Crippen LogP contribution is 2.35. The van der Waals surface area contributed by atoms with E-state index in [1.165, 1.54) is 0 Å². The fraction of sp³-hybridized carbons (Fsp3) is 0.812. The molecule has 23 heavy (non-hydrogen) atoms. The molecule has 1 unspecified atom stereocenters. The number of aliphatic carboxylic acids is 1. The van der Waals surface area contributed by atoms with E-state index < -0.39 is 43.1 Å². The number of allylic oxidation sites excluding steroid dienone is 1. The van der Waals surface area contributed by atoms with Gasteiger partial charge >= 0.3 is 5.97 Å². The van der Waals surface area contributed by atoms with Crippen LogP contribution < -0.4 is 0 Å². The topological polar surface area (TPSA) is 127 Å². The van der Waals surface area contributed by atoms with Gasteiger partial charge in [-0.15, -0.1) is 0 Å². The number of ether oxygens (including phenoxy) is 1. The second-order valence-electron chi connectivity index (χ2n) is 6.04. The molecule has 0 saturated carbocycles. The molecule has 0 aromatic carbocycles. The van der Waals surface area contributed by atoms with Crippen molar-refractivity contribution in [1.29, 1.82) is 0 Å². The molecule has 4 atom stereocenters. The molecule has 1 aliphatic rings. The molecule has 0 bridgehead atoms. The van der Waals surface area contributed by atoms with Crippen LogP contribution in [0.2, 0.25) is 0 Å². The number of hydrogen-bond acceptors (Lipinski definition) is 6. The van der Waals surface area contributed by atoms with Gasteiger partial charge in [-0.1, -0.05) is 31.8 Å². The van der Waals surface area contributed by atoms with Crippen molar-refractivity contribution in [2.45, 2.75) is 68.9 Å². The summed E-state index contributed by atoms with van der Waals surface area (Å²) in [5.41, 5.74) is -1.20. The standard InChI is InChI=1S/C16H28O7/c17-10-12-14(21)15(22)16(11-18,23-12)9-7-5-3-1-2-4-6-8-13(19)20/h6,8,12,14-15,17-18,21-22H,1-5,7,9-11H2,(H,19,20)/t12-,14-,15+,16?/m1/s1. The van der Waals surface area contributed by atoms with Crippen LogP contribution in [0, 0.1) is 0 Å². The molecule has 5 N–H and O–H groups in total. The molecule has 1 fully saturated rings. The predicted octanol–water partition coefficient (Wildman–Crippen LogP) is 0.202. The Balaban J connectivity index is 2.22. The van der Waals surface area contributed by atoms with E-state index in [-0.39, 0.29) is 0 Å². The minimum Gasteiger partial charge on any atom is -0.478 e. The smallest absolute Gasteiger partial charge is 0.327 e. The van der Waals surface area contributed by atoms with Gasteiger partial charge in [-0.05, 0) is 19.3 Å². The molecule has 7 nitrogen and oxygen atoms in total. The number of aliphatic hydroxyl groups excluding tert-OH is 4. The zero-order valence-electron chi connectivity index (χ0n) is 13.3. The monoisotopic (exact) mass is 332 g/mol. The Morgan fingerprint density at radius 3 is 2.30 bits per heavy atom. The van der Waals surface area contributed by atoms with Crippen molar-refractivity contribution in [1.82, 2.24) is 0 Å². The highest BCUT2D eigenvalue weighted by atomic mass is 16.6. The molecule has 1 heterocycles. The molecule has 0 radical (unpaired) electrons. The Kier molecular flexibility index (Phi) is 8.72. The van der Waals surface area contributed by atoms with Gasteiger partial charge in [0.1, 0.15) is 23.9 Å². The molecule has 134 valence electrons. The summed E-state index contributed by atoms with van der Waals surface area (Å²) in [6, 6.07) is 0. The van der Waals surface area contributed by atoms with Gasteiger partial charge in [-0.2, -0.15) is 0 Å². The van der Waals surface area contributed by atoms with Crippen LogP contribution in [-0.2, 0) is 9.53 Å². The summed E-state index contributed by atoms with van der Waals surface area (Å²) < 4.78 is 5.49. The molecular formula is C16H28O7. The largest absolute Gasteiger partial charge is 0.478 e. The van der Waals surface area contributed by atoms with Crippen molar-refractivity contribution in [3.8, 4) is 0 Å². The number of carboxylic acid groups (broad SMARTS) is 1. The van der Waals surface area contributed by atoms with Crippen LogP contribution in [0.25, 0.3) is 0 Å². The Labute approximate surface area is 136 Å². The number of unbranched alkanes of at least 4 members (excludes halogenated alkanes) is 5. The first-order chi connectivity index (χ1) is 11.0. The van der Waals surface area contributed by atoms with E-state index in [2.05, 4.69) is 0 Å². The van der Waals surface area contributed by atoms with Gasteiger partial charge in [0.2, 0.25) is 0 Å². The van der Waals surface area contributed by atoms with Gasteiger partial charge in [0.25, 0.3) is 0 Å². The molecule has 0 aromatic rings. The van der Waals surface area contributed by atoms with Gasteiger partial charge in [-0.25, -0.2) is 4.79 Å². The lowest BCUT2D eigenvalue weighted by Gasteiger charge is -2.30. The first-order valence-corrected chi connectivity index (χ1v) is 8.12. The van der Waals surface area contributed by atoms with Crippen LogP contribution in [0.5, 0.6) is 0 Å². The average molecular weight is 332 g/mol. The fourth-order valence-corrected chi connectivity index (χ4v) is 2.92. The molecule has 0 spiro atoms. The summed E-state index contributed by atoms with van der Waals surface area (Å²) in [5, 5.41) is 46.9. The quantitative estimate of drug-likeness (QED) is 0.270. The number of rotatable bonds is 11. The van der Waals surface area contributed by atoms with Crippen molar-refractivity contribution in [3.05, 3.63) is 12.2 Å². The van der Waals surface area contributed by atoms with Gasteiger partial charge in [0.05, 0.1) is 13.2 Å². The normalized spacial score (nSPS) is 31.0. The van der Waals surface area contributed by atoms with Crippen LogP contribution in [-0.4, -0.2) is 68.6 Å². The number of carboxylic acids is 1. The van der Waals surface area contributed by atoms with E-state index in [9.17, 15) is 20.1 Å². The van der Waals surface area contributed by atoms with Crippen LogP contribution >= 0.6 is 0 Å². The lowest BCUT2D eigenvalue weighted by atomic mass is 9.89. The molecular weight excluding hydrogens is 304 g/mol. The van der Waals surface area contributed by atoms with Crippen LogP contribution in [0.15, 0.2) is 12.2 Å². The second-order valence-corrected chi connectivity index (χ2v) is 6.04. The van der Waals surface area contributed by atoms with E-state index in [1.54, 1.807) is 6.08 Å². The average Bonchev–Trinajstić information content (AvgIpc) is 2.78. The highest BCUT2D eigenvalue weighted by molar-refractivity contribution is 5.79. The number of carbonyl (C=O) groups is 1. The maximum Gasteiger partial charge on any atom is 0.327 e. The summed E-state index contributed by atoms with van der Waals surface area (Å²) >= 11 is 0. The Morgan fingerprint density at radius 2 is 1.74 bits per heavy atom. The third kappa shape index (κ3) is 5.86. The van der Waals surface area contributed by atoms with E-state index in [1.807, 2.05) is 0 Å². The van der Waals surface area contributed by atoms with Crippen LogP contribution in [0.4, 0.5) is 0 Å². The fourth-order valence-electron chi connectivity index (χ4n) is 2.92. The first kappa shape index (κ1) is 20.1. The molecule has 1 aliphatic heterocycles. The van der Waals surface area contributed by atoms with Crippen LogP contribution in [0.1, 0.15) is 44.9 Å². The zero-order valence-corrected chi connectivity index (χ0v) is 13.3. The van der Waals surface area contributed by atoms with Crippen molar-refractivity contribution < 1.29 is 35.1 Å². The lowest BCUT2D eigenvalue weighted by molar-refractivity contribution is -0.131. The lowest BCUT2D eigenvalue weighted by Crippen LogP contribution is -2.46. The highest BCUT2D eigenvalue weighted by Gasteiger charge is 2.52. The molecule has 1 saturated heterocycles. The van der Waals surface area contributed by atoms with Crippen molar-refractivity contribution >= 4 is 5.97 Å². The Morgan fingerprint density at radius 1 is 1.09 bits per heavy atom. The van der Waals surface area contributed by atoms with E-state index in [0.29, 0.717) is 6.42 Å². The predicted molar refractivity (Wildman–Crippen MR) is 82.9 cm³/mol. The van der Waals surface area contributed by atoms with E-state index in [4.69, 9.17) is 14.9 Å². The van der Waals surface area contributed by atoms with E-state index >= 15 is 0 Å². The third-order valence-corrected chi connectivity index (χ3v) is 4.31. The first-order valence-electron chi connectivity index (χ1n) is 8.12. The van der Waals surface area contributed by atoms with Gasteiger partial charge in [0, 0.05) is 6.08 Å². The van der Waals surface area contributed by atoms with Crippen molar-refractivity contribution in [2.75, 3.05) is 13.2 Å². The Bertz CT molecular complexity index is 385.